The maximum Gasteiger partial charge on any atom is 0.140 e. The molecule has 5 nitrogen and oxygen atoms in total. The molecule has 0 aliphatic carbocycles. The Balaban J connectivity index is 2.42. The molecule has 0 fully saturated rings. The molecule has 20 heavy (non-hydrogen) atoms. The highest BCUT2D eigenvalue weighted by Gasteiger charge is 2.13. The van der Waals surface area contributed by atoms with E-state index in [1.54, 1.807) is 12.3 Å². The molecule has 0 atom stereocenters. The van der Waals surface area contributed by atoms with E-state index in [0.717, 1.165) is 16.3 Å². The van der Waals surface area contributed by atoms with Crippen molar-refractivity contribution in [3.05, 3.63) is 39.7 Å². The van der Waals surface area contributed by atoms with Crippen LogP contribution in [0.15, 0.2) is 33.3 Å². The molecule has 1 aromatic carbocycles. The smallest absolute Gasteiger partial charge is 0.140 e. The van der Waals surface area contributed by atoms with Crippen LogP contribution in [0.25, 0.3) is 22.2 Å². The van der Waals surface area contributed by atoms with Crippen molar-refractivity contribution in [1.29, 1.82) is 0 Å². The van der Waals surface area contributed by atoms with Gasteiger partial charge in [0.25, 0.3) is 0 Å². The molecule has 0 aliphatic heterocycles. The SMILES string of the molecule is Cc1cc(O)c2/c(=N/N)c(-c3csc(C)n3)coc2c1. The van der Waals surface area contributed by atoms with Crippen LogP contribution in [-0.4, -0.2) is 10.1 Å². The van der Waals surface area contributed by atoms with Crippen LogP contribution in [-0.2, 0) is 0 Å². The average Bonchev–Trinajstić information content (AvgIpc) is 2.83. The zero-order valence-electron chi connectivity index (χ0n) is 11.0. The molecule has 0 unspecified atom stereocenters. The summed E-state index contributed by atoms with van der Waals surface area (Å²) >= 11 is 1.53. The lowest BCUT2D eigenvalue weighted by Crippen LogP contribution is -2.11. The maximum atomic E-state index is 10.1. The summed E-state index contributed by atoms with van der Waals surface area (Å²) in [5.41, 5.74) is 2.85. The molecular formula is C14H13N3O2S. The van der Waals surface area contributed by atoms with Crippen molar-refractivity contribution in [2.24, 2.45) is 10.9 Å². The van der Waals surface area contributed by atoms with Gasteiger partial charge in [0.05, 0.1) is 21.7 Å². The minimum Gasteiger partial charge on any atom is -0.507 e. The van der Waals surface area contributed by atoms with Gasteiger partial charge < -0.3 is 15.4 Å². The van der Waals surface area contributed by atoms with E-state index in [2.05, 4.69) is 10.1 Å². The van der Waals surface area contributed by atoms with E-state index in [4.69, 9.17) is 10.3 Å². The second kappa shape index (κ2) is 4.64. The molecule has 2 heterocycles. The molecule has 0 radical (unpaired) electrons. The second-order valence-corrected chi connectivity index (χ2v) is 5.60. The standard InChI is InChI=1S/C14H13N3O2S/c1-7-3-11(18)13-12(4-7)19-5-9(14(13)17-15)10-6-20-8(2)16-10/h3-6,18H,15H2,1-2H3/b17-14+. The molecule has 0 aliphatic rings. The molecule has 3 rings (SSSR count). The van der Waals surface area contributed by atoms with Crippen LogP contribution in [0.5, 0.6) is 5.75 Å². The molecule has 0 spiro atoms. The van der Waals surface area contributed by atoms with Gasteiger partial charge in [-0.1, -0.05) is 0 Å². The van der Waals surface area contributed by atoms with Crippen LogP contribution >= 0.6 is 11.3 Å². The summed E-state index contributed by atoms with van der Waals surface area (Å²) in [6.45, 7) is 3.80. The fourth-order valence-corrected chi connectivity index (χ4v) is 2.79. The van der Waals surface area contributed by atoms with Crippen molar-refractivity contribution in [3.8, 4) is 17.0 Å². The zero-order chi connectivity index (χ0) is 14.3. The first-order chi connectivity index (χ1) is 9.60. The number of thiazole rings is 1. The Bertz CT molecular complexity index is 864. The van der Waals surface area contributed by atoms with E-state index in [1.165, 1.54) is 11.3 Å². The average molecular weight is 287 g/mol. The number of nitrogens with zero attached hydrogens (tertiary/aromatic N) is 2. The summed E-state index contributed by atoms with van der Waals surface area (Å²) in [5.74, 6) is 5.61. The summed E-state index contributed by atoms with van der Waals surface area (Å²) in [5, 5.41) is 17.8. The van der Waals surface area contributed by atoms with Crippen LogP contribution in [0.2, 0.25) is 0 Å². The minimum atomic E-state index is 0.0988. The molecule has 0 saturated carbocycles. The highest BCUT2D eigenvalue weighted by atomic mass is 32.1. The van der Waals surface area contributed by atoms with Gasteiger partial charge in [-0.15, -0.1) is 11.3 Å². The molecule has 2 aromatic heterocycles. The summed E-state index contributed by atoms with van der Waals surface area (Å²) in [6, 6.07) is 3.49. The van der Waals surface area contributed by atoms with Crippen molar-refractivity contribution >= 4 is 22.3 Å². The predicted octanol–water partition coefficient (Wildman–Crippen LogP) is 2.65. The molecule has 3 aromatic rings. The van der Waals surface area contributed by atoms with Gasteiger partial charge in [0.1, 0.15) is 23.0 Å². The van der Waals surface area contributed by atoms with Crippen LogP contribution in [0, 0.1) is 13.8 Å². The lowest BCUT2D eigenvalue weighted by Gasteiger charge is -2.05. The largest absolute Gasteiger partial charge is 0.507 e. The van der Waals surface area contributed by atoms with Crippen molar-refractivity contribution in [3.63, 3.8) is 0 Å². The number of aromatic nitrogens is 1. The number of nitrogens with two attached hydrogens (primary N) is 1. The Morgan fingerprint density at radius 3 is 2.80 bits per heavy atom. The van der Waals surface area contributed by atoms with Crippen LogP contribution in [0.1, 0.15) is 10.6 Å². The summed E-state index contributed by atoms with van der Waals surface area (Å²) < 4.78 is 5.60. The highest BCUT2D eigenvalue weighted by Crippen LogP contribution is 2.27. The molecule has 0 bridgehead atoms. The number of phenols is 1. The van der Waals surface area contributed by atoms with E-state index < -0.39 is 0 Å². The number of phenolic OH excluding ortho intramolecular Hbond substituents is 1. The second-order valence-electron chi connectivity index (χ2n) is 4.54. The number of fused-ring (bicyclic) bond motifs is 1. The summed E-state index contributed by atoms with van der Waals surface area (Å²) in [7, 11) is 0. The van der Waals surface area contributed by atoms with Crippen molar-refractivity contribution in [1.82, 2.24) is 4.98 Å². The van der Waals surface area contributed by atoms with E-state index >= 15 is 0 Å². The van der Waals surface area contributed by atoms with E-state index in [0.29, 0.717) is 21.9 Å². The molecule has 6 heteroatoms. The molecule has 102 valence electrons. The number of aryl methyl sites for hydroxylation is 2. The molecule has 0 amide bonds. The fourth-order valence-electron chi connectivity index (χ4n) is 2.18. The molecule has 0 saturated heterocycles. The molecule has 3 N–H and O–H groups in total. The summed E-state index contributed by atoms with van der Waals surface area (Å²) in [6.07, 6.45) is 1.57. The van der Waals surface area contributed by atoms with Crippen LogP contribution in [0.3, 0.4) is 0 Å². The number of aromatic hydroxyl groups is 1. The Morgan fingerprint density at radius 2 is 2.15 bits per heavy atom. The monoisotopic (exact) mass is 287 g/mol. The van der Waals surface area contributed by atoms with Gasteiger partial charge in [-0.05, 0) is 31.5 Å². The number of hydrogen-bond donors (Lipinski definition) is 2. The lowest BCUT2D eigenvalue weighted by atomic mass is 10.1. The van der Waals surface area contributed by atoms with Gasteiger partial charge in [0.15, 0.2) is 0 Å². The topological polar surface area (TPSA) is 84.6 Å². The highest BCUT2D eigenvalue weighted by molar-refractivity contribution is 7.09. The first-order valence-corrected chi connectivity index (χ1v) is 6.89. The summed E-state index contributed by atoms with van der Waals surface area (Å²) in [4.78, 5) is 4.40. The van der Waals surface area contributed by atoms with Crippen LogP contribution in [0.4, 0.5) is 0 Å². The van der Waals surface area contributed by atoms with Gasteiger partial charge in [-0.3, -0.25) is 0 Å². The Labute approximate surface area is 119 Å². The normalized spacial score (nSPS) is 12.2. The maximum absolute atomic E-state index is 10.1. The minimum absolute atomic E-state index is 0.0988. The van der Waals surface area contributed by atoms with Crippen molar-refractivity contribution in [2.75, 3.05) is 0 Å². The van der Waals surface area contributed by atoms with Crippen LogP contribution < -0.4 is 11.2 Å². The third-order valence-corrected chi connectivity index (χ3v) is 3.82. The Kier molecular flexibility index (Phi) is 2.94. The van der Waals surface area contributed by atoms with Crippen molar-refractivity contribution < 1.29 is 9.52 Å². The fraction of sp³-hybridized carbons (Fsp3) is 0.143. The van der Waals surface area contributed by atoms with Gasteiger partial charge in [0, 0.05) is 5.38 Å². The zero-order valence-corrected chi connectivity index (χ0v) is 11.9. The van der Waals surface area contributed by atoms with E-state index in [9.17, 15) is 5.11 Å². The number of benzene rings is 1. The predicted molar refractivity (Wildman–Crippen MR) is 78.2 cm³/mol. The van der Waals surface area contributed by atoms with E-state index in [1.807, 2.05) is 25.3 Å². The van der Waals surface area contributed by atoms with Gasteiger partial charge in [-0.2, -0.15) is 5.10 Å². The van der Waals surface area contributed by atoms with Gasteiger partial charge in [0.2, 0.25) is 0 Å². The number of rotatable bonds is 1. The Morgan fingerprint density at radius 1 is 1.35 bits per heavy atom. The molecular weight excluding hydrogens is 274 g/mol. The van der Waals surface area contributed by atoms with E-state index in [-0.39, 0.29) is 5.75 Å². The lowest BCUT2D eigenvalue weighted by molar-refractivity contribution is 0.479. The third kappa shape index (κ3) is 1.94. The van der Waals surface area contributed by atoms with Gasteiger partial charge >= 0.3 is 0 Å². The number of hydrogen-bond acceptors (Lipinski definition) is 6. The quantitative estimate of drug-likeness (QED) is 0.532. The van der Waals surface area contributed by atoms with Crippen molar-refractivity contribution in [2.45, 2.75) is 13.8 Å². The third-order valence-electron chi connectivity index (χ3n) is 3.05. The first kappa shape index (κ1) is 12.7. The Hall–Kier alpha value is -2.34. The first-order valence-electron chi connectivity index (χ1n) is 6.01. The van der Waals surface area contributed by atoms with Gasteiger partial charge in [-0.25, -0.2) is 4.98 Å².